The molecule has 74 valence electrons. The maximum Gasteiger partial charge on any atom is 0.115 e. The first-order valence-corrected chi connectivity index (χ1v) is 5.79. The van der Waals surface area contributed by atoms with Crippen molar-refractivity contribution in [1.29, 1.82) is 0 Å². The maximum absolute atomic E-state index is 10.9. The average molecular weight is 191 g/mol. The summed E-state index contributed by atoms with van der Waals surface area (Å²) in [5.41, 5.74) is 0.230. The zero-order chi connectivity index (χ0) is 9.99. The predicted molar refractivity (Wildman–Crippen MR) is 55.4 cm³/mol. The standard InChI is InChI=1S/C9H21NOS/c1-8(2,3)7-9(4,5)10-12(6)11/h10H,7H2,1-6H3. The van der Waals surface area contributed by atoms with Crippen LogP contribution in [-0.4, -0.2) is 16.3 Å². The van der Waals surface area contributed by atoms with E-state index in [9.17, 15) is 4.55 Å². The zero-order valence-corrected chi connectivity index (χ0v) is 9.84. The molecule has 0 bridgehead atoms. The lowest BCUT2D eigenvalue weighted by molar-refractivity contribution is 0.269. The summed E-state index contributed by atoms with van der Waals surface area (Å²) in [5.74, 6) is 0. The van der Waals surface area contributed by atoms with Crippen LogP contribution in [0.25, 0.3) is 0 Å². The Kier molecular flexibility index (Phi) is 4.08. The van der Waals surface area contributed by atoms with E-state index in [-0.39, 0.29) is 11.0 Å². The topological polar surface area (TPSA) is 35.1 Å². The summed E-state index contributed by atoms with van der Waals surface area (Å²) in [7, 11) is 0. The summed E-state index contributed by atoms with van der Waals surface area (Å²) in [4.78, 5) is 0. The zero-order valence-electron chi connectivity index (χ0n) is 9.02. The molecule has 0 saturated heterocycles. The van der Waals surface area contributed by atoms with Crippen LogP contribution in [0.2, 0.25) is 0 Å². The Morgan fingerprint density at radius 1 is 1.17 bits per heavy atom. The summed E-state index contributed by atoms with van der Waals surface area (Å²) in [6.07, 6.45) is 2.68. The van der Waals surface area contributed by atoms with Gasteiger partial charge in [-0.25, -0.2) is 0 Å². The lowest BCUT2D eigenvalue weighted by Gasteiger charge is -2.32. The molecule has 0 saturated carbocycles. The van der Waals surface area contributed by atoms with E-state index in [0.29, 0.717) is 0 Å². The first-order chi connectivity index (χ1) is 5.12. The molecule has 1 N–H and O–H groups in total. The Morgan fingerprint density at radius 2 is 1.58 bits per heavy atom. The van der Waals surface area contributed by atoms with E-state index in [1.807, 2.05) is 0 Å². The van der Waals surface area contributed by atoms with Gasteiger partial charge in [-0.3, -0.25) is 0 Å². The maximum atomic E-state index is 10.9. The third-order valence-corrected chi connectivity index (χ3v) is 2.23. The smallest absolute Gasteiger partial charge is 0.115 e. The lowest BCUT2D eigenvalue weighted by atomic mass is 9.82. The molecule has 0 rings (SSSR count). The van der Waals surface area contributed by atoms with Crippen LogP contribution in [0.1, 0.15) is 41.0 Å². The minimum absolute atomic E-state index is 0.0438. The molecule has 0 fully saturated rings. The molecule has 2 nitrogen and oxygen atoms in total. The van der Waals surface area contributed by atoms with Crippen LogP contribution in [0.3, 0.4) is 0 Å². The molecule has 0 spiro atoms. The molecule has 0 aromatic heterocycles. The van der Waals surface area contributed by atoms with Crippen molar-refractivity contribution < 1.29 is 4.55 Å². The molecule has 3 heteroatoms. The van der Waals surface area contributed by atoms with Crippen molar-refractivity contribution in [3.63, 3.8) is 0 Å². The molecular weight excluding hydrogens is 170 g/mol. The third-order valence-electron chi connectivity index (χ3n) is 1.39. The van der Waals surface area contributed by atoms with Gasteiger partial charge < -0.3 is 4.55 Å². The fourth-order valence-corrected chi connectivity index (χ4v) is 2.60. The van der Waals surface area contributed by atoms with Gasteiger partial charge in [0.1, 0.15) is 6.26 Å². The molecule has 0 radical (unpaired) electrons. The van der Waals surface area contributed by atoms with Gasteiger partial charge in [-0.15, -0.1) is 4.72 Å². The first-order valence-electron chi connectivity index (χ1n) is 4.24. The molecule has 1 atom stereocenters. The van der Waals surface area contributed by atoms with Crippen LogP contribution in [0.4, 0.5) is 0 Å². The van der Waals surface area contributed by atoms with Crippen LogP contribution in [0, 0.1) is 5.41 Å². The molecule has 0 aliphatic carbocycles. The van der Waals surface area contributed by atoms with Crippen LogP contribution in [0.15, 0.2) is 0 Å². The fourth-order valence-electron chi connectivity index (χ4n) is 1.75. The van der Waals surface area contributed by atoms with Crippen molar-refractivity contribution in [2.24, 2.45) is 5.41 Å². The van der Waals surface area contributed by atoms with E-state index in [1.165, 1.54) is 0 Å². The third kappa shape index (κ3) is 6.95. The van der Waals surface area contributed by atoms with Gasteiger partial charge in [-0.2, -0.15) is 0 Å². The number of hydrogen-bond acceptors (Lipinski definition) is 2. The van der Waals surface area contributed by atoms with Crippen molar-refractivity contribution in [1.82, 2.24) is 4.72 Å². The Morgan fingerprint density at radius 3 is 1.83 bits per heavy atom. The Bertz CT molecular complexity index is 138. The minimum Gasteiger partial charge on any atom is -0.598 e. The van der Waals surface area contributed by atoms with Gasteiger partial charge in [0, 0.05) is 11.4 Å². The molecule has 0 aliphatic heterocycles. The van der Waals surface area contributed by atoms with Crippen LogP contribution < -0.4 is 4.72 Å². The van der Waals surface area contributed by atoms with Crippen molar-refractivity contribution in [2.45, 2.75) is 46.6 Å². The Hall–Kier alpha value is 0.270. The second kappa shape index (κ2) is 3.99. The summed E-state index contributed by atoms with van der Waals surface area (Å²) < 4.78 is 14.0. The number of rotatable bonds is 3. The van der Waals surface area contributed by atoms with E-state index in [0.717, 1.165) is 6.42 Å². The molecular formula is C9H21NOS. The molecule has 12 heavy (non-hydrogen) atoms. The Labute approximate surface area is 79.4 Å². The van der Waals surface area contributed by atoms with Gasteiger partial charge in [-0.1, -0.05) is 20.8 Å². The van der Waals surface area contributed by atoms with E-state index < -0.39 is 11.4 Å². The molecule has 0 aromatic rings. The van der Waals surface area contributed by atoms with Crippen molar-refractivity contribution in [3.05, 3.63) is 0 Å². The van der Waals surface area contributed by atoms with Gasteiger partial charge in [0.25, 0.3) is 0 Å². The van der Waals surface area contributed by atoms with Gasteiger partial charge in [0.15, 0.2) is 0 Å². The molecule has 0 amide bonds. The molecule has 1 unspecified atom stereocenters. The SMILES string of the molecule is C[S+]([O-])NC(C)(C)CC(C)(C)C. The van der Waals surface area contributed by atoms with E-state index in [2.05, 4.69) is 39.3 Å². The lowest BCUT2D eigenvalue weighted by Crippen LogP contribution is -2.45. The van der Waals surface area contributed by atoms with Crippen LogP contribution in [0.5, 0.6) is 0 Å². The summed E-state index contributed by atoms with van der Waals surface area (Å²) in [6, 6.07) is 0. The first kappa shape index (κ1) is 12.3. The minimum atomic E-state index is -0.920. The monoisotopic (exact) mass is 191 g/mol. The average Bonchev–Trinajstić information content (AvgIpc) is 1.48. The van der Waals surface area contributed by atoms with Gasteiger partial charge in [0.05, 0.1) is 5.54 Å². The Balaban J connectivity index is 4.04. The van der Waals surface area contributed by atoms with Crippen molar-refractivity contribution >= 4 is 11.4 Å². The van der Waals surface area contributed by atoms with Crippen molar-refractivity contribution in [2.75, 3.05) is 6.26 Å². The van der Waals surface area contributed by atoms with Gasteiger partial charge >= 0.3 is 0 Å². The summed E-state index contributed by atoms with van der Waals surface area (Å²) in [5, 5.41) is 0. The second-order valence-electron chi connectivity index (χ2n) is 5.18. The molecule has 0 aromatic carbocycles. The van der Waals surface area contributed by atoms with Crippen LogP contribution in [-0.2, 0) is 11.4 Å². The predicted octanol–water partition coefficient (Wildman–Crippen LogP) is 2.08. The van der Waals surface area contributed by atoms with Gasteiger partial charge in [0.2, 0.25) is 0 Å². The number of nitrogens with one attached hydrogen (secondary N) is 1. The van der Waals surface area contributed by atoms with Gasteiger partial charge in [-0.05, 0) is 25.7 Å². The van der Waals surface area contributed by atoms with Crippen LogP contribution >= 0.6 is 0 Å². The highest BCUT2D eigenvalue weighted by Crippen LogP contribution is 2.26. The fraction of sp³-hybridized carbons (Fsp3) is 1.00. The normalized spacial score (nSPS) is 16.2. The second-order valence-corrected chi connectivity index (χ2v) is 6.29. The quantitative estimate of drug-likeness (QED) is 0.693. The molecule has 0 aliphatic rings. The van der Waals surface area contributed by atoms with E-state index in [4.69, 9.17) is 0 Å². The van der Waals surface area contributed by atoms with E-state index in [1.54, 1.807) is 6.26 Å². The highest BCUT2D eigenvalue weighted by molar-refractivity contribution is 7.88. The highest BCUT2D eigenvalue weighted by Gasteiger charge is 2.28. The van der Waals surface area contributed by atoms with E-state index >= 15 is 0 Å². The number of hydrogen-bond donors (Lipinski definition) is 1. The van der Waals surface area contributed by atoms with Crippen molar-refractivity contribution in [3.8, 4) is 0 Å². The summed E-state index contributed by atoms with van der Waals surface area (Å²) in [6.45, 7) is 10.7. The highest BCUT2D eigenvalue weighted by atomic mass is 32.2. The largest absolute Gasteiger partial charge is 0.598 e. The molecule has 0 heterocycles. The summed E-state index contributed by atoms with van der Waals surface area (Å²) >= 11 is -0.920.